The summed E-state index contributed by atoms with van der Waals surface area (Å²) in [6.45, 7) is 2.13. The molecule has 0 unspecified atom stereocenters. The van der Waals surface area contributed by atoms with Crippen LogP contribution >= 0.6 is 23.4 Å². The normalized spacial score (nSPS) is 15.4. The number of hydrogen-bond acceptors (Lipinski definition) is 5. The topological polar surface area (TPSA) is 49.4 Å². The minimum absolute atomic E-state index is 0.365. The molecule has 1 fully saturated rings. The third-order valence-electron chi connectivity index (χ3n) is 3.57. The Bertz CT molecular complexity index is 719. The van der Waals surface area contributed by atoms with Gasteiger partial charge >= 0.3 is 0 Å². The molecule has 1 heterocycles. The van der Waals surface area contributed by atoms with E-state index in [9.17, 15) is 9.59 Å². The molecule has 0 aliphatic carbocycles. The number of anilines is 2. The average Bonchev–Trinajstić information content (AvgIpc) is 2.51. The largest absolute Gasteiger partial charge is 0.376 e. The first-order valence-electron chi connectivity index (χ1n) is 6.81. The fraction of sp³-hybridized carbons (Fsp3) is 0.333. The molecule has 4 nitrogen and oxygen atoms in total. The average molecular weight is 323 g/mol. The first-order chi connectivity index (χ1) is 10.2. The lowest BCUT2D eigenvalue weighted by molar-refractivity contribution is 0.847. The van der Waals surface area contributed by atoms with E-state index < -0.39 is 5.43 Å². The molecule has 0 bridgehead atoms. The van der Waals surface area contributed by atoms with Crippen LogP contribution in [-0.4, -0.2) is 24.6 Å². The van der Waals surface area contributed by atoms with Gasteiger partial charge < -0.3 is 10.2 Å². The van der Waals surface area contributed by atoms with E-state index in [1.165, 1.54) is 0 Å². The molecule has 2 aromatic rings. The van der Waals surface area contributed by atoms with Gasteiger partial charge in [0, 0.05) is 36.2 Å². The minimum atomic E-state index is -0.412. The molecule has 110 valence electrons. The highest BCUT2D eigenvalue weighted by Crippen LogP contribution is 2.24. The maximum atomic E-state index is 11.8. The predicted octanol–water partition coefficient (Wildman–Crippen LogP) is 2.10. The van der Waals surface area contributed by atoms with Gasteiger partial charge in [-0.2, -0.15) is 11.8 Å². The van der Waals surface area contributed by atoms with Gasteiger partial charge in [0.15, 0.2) is 0 Å². The predicted molar refractivity (Wildman–Crippen MR) is 89.7 cm³/mol. The second-order valence-corrected chi connectivity index (χ2v) is 6.63. The lowest BCUT2D eigenvalue weighted by Gasteiger charge is -2.30. The Balaban J connectivity index is 1.75. The number of nitrogens with one attached hydrogen (secondary N) is 1. The highest BCUT2D eigenvalue weighted by atomic mass is 35.5. The molecule has 1 aliphatic heterocycles. The summed E-state index contributed by atoms with van der Waals surface area (Å²) in [5.41, 5.74) is 1.21. The van der Waals surface area contributed by atoms with Gasteiger partial charge in [-0.05, 0) is 17.7 Å². The van der Waals surface area contributed by atoms with Crippen LogP contribution in [-0.2, 0) is 6.54 Å². The highest BCUT2D eigenvalue weighted by Gasteiger charge is 2.26. The summed E-state index contributed by atoms with van der Waals surface area (Å²) in [4.78, 5) is 25.6. The van der Waals surface area contributed by atoms with Crippen LogP contribution < -0.4 is 21.1 Å². The Kier molecular flexibility index (Phi) is 4.22. The van der Waals surface area contributed by atoms with Crippen molar-refractivity contribution in [2.75, 3.05) is 34.8 Å². The monoisotopic (exact) mass is 322 g/mol. The Morgan fingerprint density at radius 2 is 1.95 bits per heavy atom. The van der Waals surface area contributed by atoms with Crippen LogP contribution in [0.2, 0.25) is 5.02 Å². The summed E-state index contributed by atoms with van der Waals surface area (Å²) < 4.78 is 0. The maximum absolute atomic E-state index is 11.8. The number of halogens is 1. The van der Waals surface area contributed by atoms with Gasteiger partial charge in [0.25, 0.3) is 10.9 Å². The minimum Gasteiger partial charge on any atom is -0.376 e. The molecule has 2 aromatic carbocycles. The van der Waals surface area contributed by atoms with Crippen molar-refractivity contribution in [1.29, 1.82) is 0 Å². The molecule has 0 aromatic heterocycles. The Morgan fingerprint density at radius 3 is 2.67 bits per heavy atom. The van der Waals surface area contributed by atoms with Gasteiger partial charge in [-0.15, -0.1) is 0 Å². The molecule has 21 heavy (non-hydrogen) atoms. The SMILES string of the molecule is O=c1c(NCc2cccc(Cl)c2)c(N2CCSCC2)c1=O. The zero-order valence-corrected chi connectivity index (χ0v) is 13.0. The first-order valence-corrected chi connectivity index (χ1v) is 8.34. The van der Waals surface area contributed by atoms with Gasteiger partial charge in [-0.3, -0.25) is 9.59 Å². The van der Waals surface area contributed by atoms with Crippen molar-refractivity contribution in [2.45, 2.75) is 6.54 Å². The maximum Gasteiger partial charge on any atom is 0.253 e. The highest BCUT2D eigenvalue weighted by molar-refractivity contribution is 7.99. The number of nitrogens with zero attached hydrogens (tertiary/aromatic N) is 1. The Morgan fingerprint density at radius 1 is 1.19 bits per heavy atom. The van der Waals surface area contributed by atoms with Crippen molar-refractivity contribution in [3.05, 3.63) is 55.3 Å². The van der Waals surface area contributed by atoms with Crippen molar-refractivity contribution in [3.63, 3.8) is 0 Å². The third-order valence-corrected chi connectivity index (χ3v) is 4.75. The quantitative estimate of drug-likeness (QED) is 0.874. The van der Waals surface area contributed by atoms with Crippen LogP contribution in [0.4, 0.5) is 11.4 Å². The van der Waals surface area contributed by atoms with E-state index in [1.807, 2.05) is 34.9 Å². The number of benzene rings is 1. The number of hydrogen-bond donors (Lipinski definition) is 1. The fourth-order valence-corrected chi connectivity index (χ4v) is 3.59. The van der Waals surface area contributed by atoms with Crippen molar-refractivity contribution in [1.82, 2.24) is 0 Å². The lowest BCUT2D eigenvalue weighted by Crippen LogP contribution is -2.45. The van der Waals surface area contributed by atoms with Crippen molar-refractivity contribution in [2.24, 2.45) is 0 Å². The van der Waals surface area contributed by atoms with E-state index in [2.05, 4.69) is 5.32 Å². The van der Waals surface area contributed by atoms with E-state index in [4.69, 9.17) is 11.6 Å². The number of thioether (sulfide) groups is 1. The fourth-order valence-electron chi connectivity index (χ4n) is 2.47. The lowest BCUT2D eigenvalue weighted by atomic mass is 10.1. The Hall–Kier alpha value is -1.46. The molecule has 1 aliphatic rings. The molecular weight excluding hydrogens is 308 g/mol. The molecular formula is C15H15ClN2O2S. The molecule has 1 saturated heterocycles. The molecule has 6 heteroatoms. The summed E-state index contributed by atoms with van der Waals surface area (Å²) in [5, 5.41) is 3.75. The molecule has 0 atom stereocenters. The van der Waals surface area contributed by atoms with Crippen LogP contribution in [0.3, 0.4) is 0 Å². The first kappa shape index (κ1) is 14.5. The summed E-state index contributed by atoms with van der Waals surface area (Å²) >= 11 is 7.81. The van der Waals surface area contributed by atoms with Gasteiger partial charge in [-0.25, -0.2) is 0 Å². The van der Waals surface area contributed by atoms with E-state index in [0.717, 1.165) is 30.2 Å². The van der Waals surface area contributed by atoms with Gasteiger partial charge in [-0.1, -0.05) is 23.7 Å². The van der Waals surface area contributed by atoms with Crippen LogP contribution in [0.25, 0.3) is 0 Å². The van der Waals surface area contributed by atoms with Gasteiger partial charge in [0.1, 0.15) is 11.4 Å². The molecule has 0 spiro atoms. The second-order valence-electron chi connectivity index (χ2n) is 4.96. The van der Waals surface area contributed by atoms with Crippen LogP contribution in [0.5, 0.6) is 0 Å². The van der Waals surface area contributed by atoms with E-state index >= 15 is 0 Å². The molecule has 1 N–H and O–H groups in total. The summed E-state index contributed by atoms with van der Waals surface area (Å²) in [6.07, 6.45) is 0. The van der Waals surface area contributed by atoms with Crippen molar-refractivity contribution < 1.29 is 0 Å². The zero-order valence-electron chi connectivity index (χ0n) is 11.4. The van der Waals surface area contributed by atoms with Crippen LogP contribution in [0.15, 0.2) is 33.9 Å². The standard InChI is InChI=1S/C15H15ClN2O2S/c16-11-3-1-2-10(8-11)9-17-12-13(15(20)14(12)19)18-4-6-21-7-5-18/h1-3,8,17H,4-7,9H2. The Labute approximate surface area is 131 Å². The summed E-state index contributed by atoms with van der Waals surface area (Å²) in [6, 6.07) is 7.45. The molecule has 0 amide bonds. The second kappa shape index (κ2) is 6.12. The van der Waals surface area contributed by atoms with Crippen LogP contribution in [0, 0.1) is 0 Å². The summed E-state index contributed by atoms with van der Waals surface area (Å²) in [7, 11) is 0. The van der Waals surface area contributed by atoms with Crippen molar-refractivity contribution >= 4 is 34.7 Å². The molecule has 0 radical (unpaired) electrons. The van der Waals surface area contributed by atoms with E-state index in [0.29, 0.717) is 22.9 Å². The third kappa shape index (κ3) is 2.94. The van der Waals surface area contributed by atoms with Crippen LogP contribution in [0.1, 0.15) is 5.56 Å². The summed E-state index contributed by atoms with van der Waals surface area (Å²) in [5.74, 6) is 1.99. The van der Waals surface area contributed by atoms with Gasteiger partial charge in [0.05, 0.1) is 0 Å². The number of rotatable bonds is 4. The van der Waals surface area contributed by atoms with Crippen molar-refractivity contribution in [3.8, 4) is 0 Å². The van der Waals surface area contributed by atoms with Gasteiger partial charge in [0.2, 0.25) is 0 Å². The smallest absolute Gasteiger partial charge is 0.253 e. The van der Waals surface area contributed by atoms with E-state index in [-0.39, 0.29) is 5.43 Å². The van der Waals surface area contributed by atoms with E-state index in [1.54, 1.807) is 6.07 Å². The molecule has 0 saturated carbocycles. The molecule has 3 rings (SSSR count). The zero-order chi connectivity index (χ0) is 14.8.